The quantitative estimate of drug-likeness (QED) is 0.444. The molecule has 0 N–H and O–H groups in total. The average molecular weight is 514 g/mol. The number of hydrogen-bond acceptors (Lipinski definition) is 2. The van der Waals surface area contributed by atoms with Crippen LogP contribution in [-0.4, -0.2) is 49.6 Å². The second-order valence-electron chi connectivity index (χ2n) is 6.88. The maximum absolute atomic E-state index is 12.9. The number of carbonyl (C=O) groups excluding carboxylic acids is 1. The van der Waals surface area contributed by atoms with Gasteiger partial charge in [-0.3, -0.25) is 9.69 Å². The third-order valence-corrected chi connectivity index (χ3v) is 3.93. The lowest BCUT2D eigenvalue weighted by Gasteiger charge is -2.28. The predicted octanol–water partition coefficient (Wildman–Crippen LogP) is 1.11. The highest BCUT2D eigenvalue weighted by Crippen LogP contribution is 2.29. The van der Waals surface area contributed by atoms with Gasteiger partial charge in [0.15, 0.2) is 0 Å². The molecule has 2 rings (SSSR count). The number of likely N-dealkylation sites (N-methyl/N-ethyl adjacent to an activating group) is 1. The van der Waals surface area contributed by atoms with Gasteiger partial charge in [-0.1, -0.05) is 11.6 Å². The van der Waals surface area contributed by atoms with Gasteiger partial charge in [0.25, 0.3) is 5.91 Å². The molecule has 0 atom stereocenters. The smallest absolute Gasteiger partial charge is 0.417 e. The Kier molecular flexibility index (Phi) is 8.06. The van der Waals surface area contributed by atoms with Gasteiger partial charge in [-0.05, 0) is 36.4 Å². The van der Waals surface area contributed by atoms with Gasteiger partial charge in [0.1, 0.15) is 5.82 Å². The van der Waals surface area contributed by atoms with Crippen molar-refractivity contribution in [2.45, 2.75) is 6.18 Å². The molecule has 0 saturated heterocycles. The van der Waals surface area contributed by atoms with Crippen LogP contribution in [0.4, 0.5) is 19.0 Å². The van der Waals surface area contributed by atoms with Crippen molar-refractivity contribution >= 4 is 23.3 Å². The number of halogens is 5. The Balaban J connectivity index is 0.00000364. The second kappa shape index (κ2) is 9.20. The van der Waals surface area contributed by atoms with Crippen LogP contribution in [0.5, 0.6) is 0 Å². The summed E-state index contributed by atoms with van der Waals surface area (Å²) in [5.41, 5.74) is -0.468. The summed E-state index contributed by atoms with van der Waals surface area (Å²) in [5, 5.41) is 0.493. The third-order valence-electron chi connectivity index (χ3n) is 3.68. The van der Waals surface area contributed by atoms with Gasteiger partial charge in [0, 0.05) is 16.8 Å². The Hall–Kier alpha value is -1.39. The van der Waals surface area contributed by atoms with Crippen LogP contribution >= 0.6 is 11.6 Å². The fraction of sp³-hybridized carbons (Fsp3) is 0.333. The number of pyridine rings is 1. The molecule has 1 aromatic heterocycles. The summed E-state index contributed by atoms with van der Waals surface area (Å²) in [4.78, 5) is 18.1. The molecule has 0 fully saturated rings. The first-order valence-electron chi connectivity index (χ1n) is 7.88. The third kappa shape index (κ3) is 6.93. The molecule has 0 aliphatic heterocycles. The molecule has 4 nitrogen and oxygen atoms in total. The van der Waals surface area contributed by atoms with E-state index in [9.17, 15) is 18.0 Å². The molecular formula is C18H20ClF3IN3O. The van der Waals surface area contributed by atoms with E-state index < -0.39 is 11.7 Å². The van der Waals surface area contributed by atoms with Gasteiger partial charge in [0.05, 0.1) is 39.8 Å². The van der Waals surface area contributed by atoms with Gasteiger partial charge >= 0.3 is 6.18 Å². The Labute approximate surface area is 178 Å². The first kappa shape index (κ1) is 23.6. The molecule has 0 aliphatic rings. The molecule has 0 aliphatic carbocycles. The summed E-state index contributed by atoms with van der Waals surface area (Å²) in [7, 11) is 5.89. The normalized spacial score (nSPS) is 11.7. The van der Waals surface area contributed by atoms with Crippen LogP contribution in [0.3, 0.4) is 0 Å². The van der Waals surface area contributed by atoms with E-state index in [0.717, 1.165) is 12.3 Å². The van der Waals surface area contributed by atoms with Crippen LogP contribution in [0.2, 0.25) is 5.02 Å². The second-order valence-corrected chi connectivity index (χ2v) is 7.32. The Bertz CT molecular complexity index is 759. The highest BCUT2D eigenvalue weighted by Gasteiger charge is 2.31. The lowest BCUT2D eigenvalue weighted by Crippen LogP contribution is -3.00. The van der Waals surface area contributed by atoms with Crippen molar-refractivity contribution < 1.29 is 46.4 Å². The van der Waals surface area contributed by atoms with E-state index in [4.69, 9.17) is 11.6 Å². The molecule has 2 aromatic rings. The van der Waals surface area contributed by atoms with E-state index in [1.165, 1.54) is 11.0 Å². The number of alkyl halides is 3. The lowest BCUT2D eigenvalue weighted by molar-refractivity contribution is -0.868. The van der Waals surface area contributed by atoms with Crippen molar-refractivity contribution in [3.05, 3.63) is 58.7 Å². The number of quaternary nitrogens is 1. The molecule has 9 heteroatoms. The molecule has 0 unspecified atom stereocenters. The summed E-state index contributed by atoms with van der Waals surface area (Å²) in [6.45, 7) is 0.908. The van der Waals surface area contributed by atoms with Crippen LogP contribution in [0.1, 0.15) is 15.9 Å². The van der Waals surface area contributed by atoms with Crippen molar-refractivity contribution in [3.63, 3.8) is 0 Å². The number of anilines is 1. The number of hydrogen-bond donors (Lipinski definition) is 0. The Morgan fingerprint density at radius 3 is 2.15 bits per heavy atom. The van der Waals surface area contributed by atoms with E-state index in [0.29, 0.717) is 28.2 Å². The molecular weight excluding hydrogens is 494 g/mol. The van der Waals surface area contributed by atoms with Gasteiger partial charge < -0.3 is 28.5 Å². The van der Waals surface area contributed by atoms with Crippen molar-refractivity contribution in [2.24, 2.45) is 0 Å². The largest absolute Gasteiger partial charge is 1.00 e. The zero-order valence-corrected chi connectivity index (χ0v) is 18.0. The Morgan fingerprint density at radius 2 is 1.70 bits per heavy atom. The fourth-order valence-corrected chi connectivity index (χ4v) is 2.31. The highest BCUT2D eigenvalue weighted by molar-refractivity contribution is 6.30. The minimum absolute atomic E-state index is 0. The van der Waals surface area contributed by atoms with E-state index in [-0.39, 0.29) is 35.7 Å². The van der Waals surface area contributed by atoms with Gasteiger partial charge in [-0.15, -0.1) is 0 Å². The van der Waals surface area contributed by atoms with Crippen molar-refractivity contribution in [1.29, 1.82) is 0 Å². The van der Waals surface area contributed by atoms with E-state index >= 15 is 0 Å². The van der Waals surface area contributed by atoms with Crippen LogP contribution in [0.25, 0.3) is 0 Å². The zero-order valence-electron chi connectivity index (χ0n) is 15.1. The molecule has 0 spiro atoms. The molecule has 0 bridgehead atoms. The maximum atomic E-state index is 12.9. The molecule has 0 radical (unpaired) electrons. The molecule has 148 valence electrons. The average Bonchev–Trinajstić information content (AvgIpc) is 2.54. The number of amides is 1. The lowest BCUT2D eigenvalue weighted by atomic mass is 10.2. The summed E-state index contributed by atoms with van der Waals surface area (Å²) in [6, 6.07) is 8.48. The summed E-state index contributed by atoms with van der Waals surface area (Å²) in [5.74, 6) is -0.172. The SMILES string of the molecule is C[N+](C)(C)CCN(C(=O)c1ccc(Cl)cc1)c1ccc(C(F)(F)F)cn1.[I-]. The predicted molar refractivity (Wildman–Crippen MR) is 95.3 cm³/mol. The molecule has 1 amide bonds. The number of carbonyl (C=O) groups is 1. The number of nitrogens with zero attached hydrogens (tertiary/aromatic N) is 3. The highest BCUT2D eigenvalue weighted by atomic mass is 127. The molecule has 27 heavy (non-hydrogen) atoms. The zero-order chi connectivity index (χ0) is 19.5. The van der Waals surface area contributed by atoms with Crippen LogP contribution < -0.4 is 28.9 Å². The Morgan fingerprint density at radius 1 is 1.11 bits per heavy atom. The monoisotopic (exact) mass is 513 g/mol. The van der Waals surface area contributed by atoms with Crippen molar-refractivity contribution in [3.8, 4) is 0 Å². The van der Waals surface area contributed by atoms with Crippen LogP contribution in [0.15, 0.2) is 42.6 Å². The van der Waals surface area contributed by atoms with Crippen molar-refractivity contribution in [2.75, 3.05) is 39.1 Å². The first-order valence-corrected chi connectivity index (χ1v) is 8.26. The molecule has 0 saturated carbocycles. The minimum atomic E-state index is -4.47. The van der Waals surface area contributed by atoms with Crippen molar-refractivity contribution in [1.82, 2.24) is 4.98 Å². The summed E-state index contributed by atoms with van der Waals surface area (Å²) >= 11 is 5.85. The first-order chi connectivity index (χ1) is 12.0. The number of rotatable bonds is 5. The van der Waals surface area contributed by atoms with E-state index in [1.54, 1.807) is 24.3 Å². The number of benzene rings is 1. The summed E-state index contributed by atoms with van der Waals surface area (Å²) in [6.07, 6.45) is -3.73. The molecule has 1 heterocycles. The van der Waals surface area contributed by atoms with Crippen LogP contribution in [-0.2, 0) is 6.18 Å². The fourth-order valence-electron chi connectivity index (χ4n) is 2.18. The summed E-state index contributed by atoms with van der Waals surface area (Å²) < 4.78 is 38.8. The minimum Gasteiger partial charge on any atom is -1.00 e. The topological polar surface area (TPSA) is 33.2 Å². The van der Waals surface area contributed by atoms with Crippen LogP contribution in [0, 0.1) is 0 Å². The van der Waals surface area contributed by atoms with Gasteiger partial charge in [-0.25, -0.2) is 4.98 Å². The van der Waals surface area contributed by atoms with E-state index in [1.807, 2.05) is 21.1 Å². The molecule has 1 aromatic carbocycles. The van der Waals surface area contributed by atoms with Gasteiger partial charge in [-0.2, -0.15) is 13.2 Å². The van der Waals surface area contributed by atoms with E-state index in [2.05, 4.69) is 4.98 Å². The number of aromatic nitrogens is 1. The maximum Gasteiger partial charge on any atom is 0.417 e. The van der Waals surface area contributed by atoms with Gasteiger partial charge in [0.2, 0.25) is 0 Å². The standard InChI is InChI=1S/C18H20ClF3N3O.HI/c1-25(2,3)11-10-24(17(26)13-4-7-15(19)8-5-13)16-9-6-14(12-23-16)18(20,21)22;/h4-9,12H,10-11H2,1-3H3;1H/q+1;/p-1.